The number of hydrogen-bond acceptors (Lipinski definition) is 5. The summed E-state index contributed by atoms with van der Waals surface area (Å²) >= 11 is 0. The van der Waals surface area contributed by atoms with Crippen molar-refractivity contribution in [2.45, 2.75) is 32.2 Å². The minimum atomic E-state index is -3.62. The molecule has 0 aromatic carbocycles. The Morgan fingerprint density at radius 2 is 2.11 bits per heavy atom. The molecule has 2 heterocycles. The van der Waals surface area contributed by atoms with Gasteiger partial charge in [-0.05, 0) is 20.8 Å². The van der Waals surface area contributed by atoms with Crippen molar-refractivity contribution < 1.29 is 12.9 Å². The van der Waals surface area contributed by atoms with E-state index < -0.39 is 10.0 Å². The average molecular weight is 270 g/mol. The van der Waals surface area contributed by atoms with Gasteiger partial charge in [0, 0.05) is 17.8 Å². The van der Waals surface area contributed by atoms with E-state index in [0.29, 0.717) is 5.69 Å². The molecule has 2 rings (SSSR count). The highest BCUT2D eigenvalue weighted by molar-refractivity contribution is 7.89. The van der Waals surface area contributed by atoms with Crippen LogP contribution in [0.1, 0.15) is 22.7 Å². The minimum absolute atomic E-state index is 0.101. The predicted molar refractivity (Wildman–Crippen MR) is 63.3 cm³/mol. The summed E-state index contributed by atoms with van der Waals surface area (Å²) in [7, 11) is -3.62. The Morgan fingerprint density at radius 1 is 1.39 bits per heavy atom. The van der Waals surface area contributed by atoms with E-state index in [1.165, 1.54) is 0 Å². The lowest BCUT2D eigenvalue weighted by Crippen LogP contribution is -2.24. The molecule has 2 N–H and O–H groups in total. The molecule has 98 valence electrons. The molecule has 0 spiro atoms. The molecular formula is C10H14N4O3S. The topological polar surface area (TPSA) is 101 Å². The van der Waals surface area contributed by atoms with Gasteiger partial charge in [-0.1, -0.05) is 5.16 Å². The fourth-order valence-corrected chi connectivity index (χ4v) is 2.99. The molecule has 2 aromatic rings. The van der Waals surface area contributed by atoms with Crippen LogP contribution in [0.15, 0.2) is 15.6 Å². The van der Waals surface area contributed by atoms with E-state index in [2.05, 4.69) is 20.1 Å². The molecule has 2 aromatic heterocycles. The maximum Gasteiger partial charge on any atom is 0.246 e. The summed E-state index contributed by atoms with van der Waals surface area (Å²) in [6.45, 7) is 5.16. The fraction of sp³-hybridized carbons (Fsp3) is 0.400. The Labute approximate surface area is 105 Å². The Bertz CT molecular complexity index is 637. The van der Waals surface area contributed by atoms with E-state index in [4.69, 9.17) is 4.52 Å². The van der Waals surface area contributed by atoms with E-state index in [-0.39, 0.29) is 17.2 Å². The Morgan fingerprint density at radius 3 is 2.61 bits per heavy atom. The summed E-state index contributed by atoms with van der Waals surface area (Å²) in [5.74, 6) is 0.281. The van der Waals surface area contributed by atoms with E-state index >= 15 is 0 Å². The molecule has 18 heavy (non-hydrogen) atoms. The van der Waals surface area contributed by atoms with Gasteiger partial charge in [0.2, 0.25) is 10.0 Å². The third kappa shape index (κ3) is 2.29. The first-order valence-electron chi connectivity index (χ1n) is 5.33. The molecule has 0 aliphatic heterocycles. The number of nitrogens with one attached hydrogen (secondary N) is 2. The average Bonchev–Trinajstić information content (AvgIpc) is 2.83. The van der Waals surface area contributed by atoms with Crippen molar-refractivity contribution in [3.05, 3.63) is 28.9 Å². The van der Waals surface area contributed by atoms with Crippen molar-refractivity contribution >= 4 is 10.0 Å². The number of aryl methyl sites for hydroxylation is 3. The van der Waals surface area contributed by atoms with Crippen LogP contribution in [-0.2, 0) is 16.6 Å². The third-order valence-corrected chi connectivity index (χ3v) is 4.27. The second-order valence-corrected chi connectivity index (χ2v) is 5.70. The number of rotatable bonds is 4. The molecule has 0 bridgehead atoms. The Kier molecular flexibility index (Phi) is 3.22. The number of nitrogens with zero attached hydrogens (tertiary/aromatic N) is 2. The summed E-state index contributed by atoms with van der Waals surface area (Å²) in [6, 6.07) is 0. The maximum atomic E-state index is 12.1. The summed E-state index contributed by atoms with van der Waals surface area (Å²) in [4.78, 5) is 0.101. The van der Waals surface area contributed by atoms with Crippen LogP contribution in [0, 0.1) is 20.8 Å². The summed E-state index contributed by atoms with van der Waals surface area (Å²) < 4.78 is 31.6. The van der Waals surface area contributed by atoms with Crippen molar-refractivity contribution in [2.75, 3.05) is 0 Å². The number of aromatic amines is 1. The first kappa shape index (κ1) is 12.8. The molecule has 0 aliphatic carbocycles. The molecule has 0 saturated heterocycles. The number of H-pyrrole nitrogens is 1. The highest BCUT2D eigenvalue weighted by atomic mass is 32.2. The van der Waals surface area contributed by atoms with Gasteiger partial charge >= 0.3 is 0 Å². The zero-order chi connectivity index (χ0) is 13.3. The standard InChI is InChI=1S/C10H14N4O3S/c1-6-9(4-11-13-6)5-12-18(15,16)10-7(2)14-17-8(10)3/h4,12H,5H2,1-3H3,(H,11,13). The van der Waals surface area contributed by atoms with Gasteiger partial charge in [0.05, 0.1) is 6.20 Å². The second-order valence-electron chi connectivity index (χ2n) is 4.00. The van der Waals surface area contributed by atoms with Crippen molar-refractivity contribution in [1.82, 2.24) is 20.1 Å². The zero-order valence-electron chi connectivity index (χ0n) is 10.3. The van der Waals surface area contributed by atoms with Crippen LogP contribution in [0.2, 0.25) is 0 Å². The molecule has 0 aliphatic rings. The lowest BCUT2D eigenvalue weighted by atomic mass is 10.3. The van der Waals surface area contributed by atoms with Crippen LogP contribution in [0.25, 0.3) is 0 Å². The van der Waals surface area contributed by atoms with Gasteiger partial charge in [-0.2, -0.15) is 5.10 Å². The van der Waals surface area contributed by atoms with Crippen LogP contribution in [0.5, 0.6) is 0 Å². The number of aromatic nitrogens is 3. The molecule has 8 heteroatoms. The van der Waals surface area contributed by atoms with E-state index in [1.807, 2.05) is 6.92 Å². The van der Waals surface area contributed by atoms with Gasteiger partial charge in [-0.15, -0.1) is 0 Å². The minimum Gasteiger partial charge on any atom is -0.360 e. The Balaban J connectivity index is 2.21. The highest BCUT2D eigenvalue weighted by Gasteiger charge is 2.23. The van der Waals surface area contributed by atoms with Gasteiger partial charge < -0.3 is 4.52 Å². The molecule has 0 unspecified atom stereocenters. The monoisotopic (exact) mass is 270 g/mol. The first-order chi connectivity index (χ1) is 8.42. The SMILES string of the molecule is Cc1noc(C)c1S(=O)(=O)NCc1cn[nH]c1C. The number of sulfonamides is 1. The van der Waals surface area contributed by atoms with E-state index in [1.54, 1.807) is 20.0 Å². The van der Waals surface area contributed by atoms with E-state index in [9.17, 15) is 8.42 Å². The molecule has 0 saturated carbocycles. The maximum absolute atomic E-state index is 12.1. The van der Waals surface area contributed by atoms with Crippen LogP contribution in [0.3, 0.4) is 0 Å². The summed E-state index contributed by atoms with van der Waals surface area (Å²) in [6.07, 6.45) is 1.59. The highest BCUT2D eigenvalue weighted by Crippen LogP contribution is 2.18. The molecule has 0 fully saturated rings. The van der Waals surface area contributed by atoms with Gasteiger partial charge in [-0.3, -0.25) is 5.10 Å². The predicted octanol–water partition coefficient (Wildman–Crippen LogP) is 0.801. The second kappa shape index (κ2) is 4.54. The molecular weight excluding hydrogens is 256 g/mol. The van der Waals surface area contributed by atoms with Crippen LogP contribution in [-0.4, -0.2) is 23.8 Å². The smallest absolute Gasteiger partial charge is 0.246 e. The van der Waals surface area contributed by atoms with Crippen molar-refractivity contribution in [2.24, 2.45) is 0 Å². The molecule has 7 nitrogen and oxygen atoms in total. The van der Waals surface area contributed by atoms with Crippen molar-refractivity contribution in [3.8, 4) is 0 Å². The lowest BCUT2D eigenvalue weighted by Gasteiger charge is -2.05. The van der Waals surface area contributed by atoms with Gasteiger partial charge in [0.15, 0.2) is 5.76 Å². The van der Waals surface area contributed by atoms with Crippen molar-refractivity contribution in [1.29, 1.82) is 0 Å². The van der Waals surface area contributed by atoms with Gasteiger partial charge in [0.1, 0.15) is 10.6 Å². The summed E-state index contributed by atoms with van der Waals surface area (Å²) in [5.41, 5.74) is 1.98. The fourth-order valence-electron chi connectivity index (χ4n) is 1.66. The van der Waals surface area contributed by atoms with Crippen molar-refractivity contribution in [3.63, 3.8) is 0 Å². The lowest BCUT2D eigenvalue weighted by molar-refractivity contribution is 0.390. The normalized spacial score (nSPS) is 11.9. The molecule has 0 amide bonds. The van der Waals surface area contributed by atoms with Crippen LogP contribution >= 0.6 is 0 Å². The van der Waals surface area contributed by atoms with Crippen LogP contribution in [0.4, 0.5) is 0 Å². The third-order valence-electron chi connectivity index (χ3n) is 2.62. The molecule has 0 radical (unpaired) electrons. The first-order valence-corrected chi connectivity index (χ1v) is 6.81. The zero-order valence-corrected chi connectivity index (χ0v) is 11.1. The van der Waals surface area contributed by atoms with E-state index in [0.717, 1.165) is 11.3 Å². The van der Waals surface area contributed by atoms with Gasteiger partial charge in [-0.25, -0.2) is 13.1 Å². The van der Waals surface area contributed by atoms with Gasteiger partial charge in [0.25, 0.3) is 0 Å². The summed E-state index contributed by atoms with van der Waals surface area (Å²) in [5, 5.41) is 10.2. The Hall–Kier alpha value is -1.67. The quantitative estimate of drug-likeness (QED) is 0.855. The largest absolute Gasteiger partial charge is 0.360 e. The molecule has 0 atom stereocenters. The van der Waals surface area contributed by atoms with Crippen LogP contribution < -0.4 is 4.72 Å². The number of hydrogen-bond donors (Lipinski definition) is 2.